The van der Waals surface area contributed by atoms with Crippen LogP contribution in [-0.4, -0.2) is 75.7 Å². The van der Waals surface area contributed by atoms with Gasteiger partial charge in [0.1, 0.15) is 5.75 Å². The van der Waals surface area contributed by atoms with Crippen molar-refractivity contribution in [3.05, 3.63) is 75.8 Å². The van der Waals surface area contributed by atoms with Crippen molar-refractivity contribution in [1.82, 2.24) is 18.5 Å². The third-order valence-electron chi connectivity index (χ3n) is 10.5. The van der Waals surface area contributed by atoms with E-state index < -0.39 is 12.4 Å². The van der Waals surface area contributed by atoms with Gasteiger partial charge in [0.2, 0.25) is 0 Å². The SMILES string of the molecule is CCOc1ccc(-n2c(C)c3c(c2C)P(=S)(N2CC(C)OC(C)C2)c2c(c(C)n(-c4ccc(Br)cc4)c2C)P3(=S)N2CC(C)OC(C)C2)cc1. The van der Waals surface area contributed by atoms with E-state index >= 15 is 0 Å². The Morgan fingerprint density at radius 2 is 0.940 bits per heavy atom. The van der Waals surface area contributed by atoms with Gasteiger partial charge in [0, 0.05) is 86.0 Å². The third-order valence-corrected chi connectivity index (χ3v) is 21.8. The average Bonchev–Trinajstić information content (AvgIpc) is 3.49. The maximum Gasteiger partial charge on any atom is 0.119 e. The van der Waals surface area contributed by atoms with Crippen LogP contribution in [0.15, 0.2) is 53.0 Å². The molecule has 2 fully saturated rings. The lowest BCUT2D eigenvalue weighted by atomic mass is 10.3. The topological polar surface area (TPSA) is 44.0 Å². The molecule has 4 aromatic rings. The van der Waals surface area contributed by atoms with Crippen LogP contribution in [0, 0.1) is 27.7 Å². The predicted molar refractivity (Wildman–Crippen MR) is 220 cm³/mol. The van der Waals surface area contributed by atoms with E-state index in [0.717, 1.165) is 47.8 Å². The molecule has 5 heterocycles. The van der Waals surface area contributed by atoms with Gasteiger partial charge in [-0.05, 0) is 111 Å². The van der Waals surface area contributed by atoms with Crippen LogP contribution in [0.1, 0.15) is 57.4 Å². The summed E-state index contributed by atoms with van der Waals surface area (Å²) in [4.78, 5) is 0. The van der Waals surface area contributed by atoms with Gasteiger partial charge in [-0.3, -0.25) is 9.34 Å². The van der Waals surface area contributed by atoms with E-state index in [0.29, 0.717) is 6.61 Å². The number of hydrogen-bond acceptors (Lipinski definition) is 5. The van der Waals surface area contributed by atoms with Crippen LogP contribution >= 0.6 is 28.3 Å². The predicted octanol–water partition coefficient (Wildman–Crippen LogP) is 6.89. The summed E-state index contributed by atoms with van der Waals surface area (Å²) in [5, 5.41) is 5.17. The quantitative estimate of drug-likeness (QED) is 0.197. The van der Waals surface area contributed by atoms with Gasteiger partial charge in [0.05, 0.1) is 43.4 Å². The number of hydrogen-bond donors (Lipinski definition) is 0. The third kappa shape index (κ3) is 5.72. The number of rotatable bonds is 6. The first-order chi connectivity index (χ1) is 23.7. The molecule has 7 nitrogen and oxygen atoms in total. The van der Waals surface area contributed by atoms with Crippen LogP contribution < -0.4 is 26.0 Å². The molecule has 0 aliphatic carbocycles. The molecule has 2 aromatic heterocycles. The minimum Gasteiger partial charge on any atom is -0.494 e. The van der Waals surface area contributed by atoms with Crippen molar-refractivity contribution >= 4 is 73.1 Å². The lowest BCUT2D eigenvalue weighted by Gasteiger charge is -2.50. The van der Waals surface area contributed by atoms with Crippen LogP contribution in [0.3, 0.4) is 0 Å². The molecule has 6 atom stereocenters. The Labute approximate surface area is 316 Å². The largest absolute Gasteiger partial charge is 0.494 e. The fraction of sp³-hybridized carbons (Fsp3) is 0.474. The first-order valence-electron chi connectivity index (χ1n) is 17.7. The summed E-state index contributed by atoms with van der Waals surface area (Å²) in [5.41, 5.74) is 7.03. The van der Waals surface area contributed by atoms with Crippen molar-refractivity contribution in [3.63, 3.8) is 0 Å². The van der Waals surface area contributed by atoms with Crippen molar-refractivity contribution in [2.45, 2.75) is 86.7 Å². The second-order valence-electron chi connectivity index (χ2n) is 14.2. The van der Waals surface area contributed by atoms with Crippen molar-refractivity contribution in [2.75, 3.05) is 32.8 Å². The minimum absolute atomic E-state index is 0.0703. The molecular weight excluding hydrogens is 766 g/mol. The highest BCUT2D eigenvalue weighted by atomic mass is 79.9. The molecule has 0 saturated carbocycles. The molecule has 3 aliphatic rings. The highest BCUT2D eigenvalue weighted by molar-refractivity contribution is 9.10. The van der Waals surface area contributed by atoms with Gasteiger partial charge >= 0.3 is 0 Å². The Morgan fingerprint density at radius 1 is 0.620 bits per heavy atom. The van der Waals surface area contributed by atoms with Gasteiger partial charge in [-0.25, -0.2) is 0 Å². The lowest BCUT2D eigenvalue weighted by Crippen LogP contribution is -2.57. The van der Waals surface area contributed by atoms with E-state index in [-0.39, 0.29) is 24.4 Å². The molecule has 0 amide bonds. The molecule has 268 valence electrons. The highest BCUT2D eigenvalue weighted by Gasteiger charge is 2.54. The van der Waals surface area contributed by atoms with E-state index in [1.54, 1.807) is 0 Å². The molecule has 2 saturated heterocycles. The molecule has 12 heteroatoms. The summed E-state index contributed by atoms with van der Waals surface area (Å²) in [5.74, 6) is 0.871. The molecule has 3 aliphatic heterocycles. The summed E-state index contributed by atoms with van der Waals surface area (Å²) in [7, 11) is 0. The van der Waals surface area contributed by atoms with Gasteiger partial charge in [-0.15, -0.1) is 0 Å². The molecular formula is C38H49BrN4O3P2S2. The van der Waals surface area contributed by atoms with Crippen molar-refractivity contribution in [2.24, 2.45) is 0 Å². The van der Waals surface area contributed by atoms with Crippen LogP contribution in [0.4, 0.5) is 0 Å². The highest BCUT2D eigenvalue weighted by Crippen LogP contribution is 2.63. The first kappa shape index (κ1) is 36.8. The Morgan fingerprint density at radius 3 is 1.26 bits per heavy atom. The second kappa shape index (κ2) is 13.7. The number of fused-ring (bicyclic) bond motifs is 2. The van der Waals surface area contributed by atoms with Gasteiger partial charge in [0.15, 0.2) is 0 Å². The molecule has 0 radical (unpaired) electrons. The Hall–Kier alpha value is -1.58. The smallest absolute Gasteiger partial charge is 0.119 e. The van der Waals surface area contributed by atoms with Crippen LogP contribution in [-0.2, 0) is 33.1 Å². The maximum absolute atomic E-state index is 7.39. The van der Waals surface area contributed by atoms with Crippen molar-refractivity contribution in [1.29, 1.82) is 0 Å². The van der Waals surface area contributed by atoms with Gasteiger partial charge in [-0.2, -0.15) is 0 Å². The van der Waals surface area contributed by atoms with Crippen molar-refractivity contribution < 1.29 is 14.2 Å². The van der Waals surface area contributed by atoms with Crippen LogP contribution in [0.25, 0.3) is 11.4 Å². The molecule has 0 bridgehead atoms. The normalized spacial score (nSPS) is 28.8. The number of halogens is 1. The Kier molecular flexibility index (Phi) is 10.1. The van der Waals surface area contributed by atoms with Crippen LogP contribution in [0.5, 0.6) is 5.75 Å². The summed E-state index contributed by atoms with van der Waals surface area (Å²) in [6, 6.07) is 17.1. The number of nitrogens with zero attached hydrogens (tertiary/aromatic N) is 4. The fourth-order valence-electron chi connectivity index (χ4n) is 8.84. The second-order valence-corrected chi connectivity index (χ2v) is 23.5. The van der Waals surface area contributed by atoms with E-state index in [9.17, 15) is 0 Å². The number of ether oxygens (including phenoxy) is 3. The van der Waals surface area contributed by atoms with E-state index in [2.05, 4.69) is 138 Å². The summed E-state index contributed by atoms with van der Waals surface area (Å²) in [6.07, 6.45) is -5.02. The van der Waals surface area contributed by atoms with E-state index in [4.69, 9.17) is 37.8 Å². The van der Waals surface area contributed by atoms with E-state index in [1.165, 1.54) is 44.0 Å². The van der Waals surface area contributed by atoms with Crippen LogP contribution in [0.2, 0.25) is 0 Å². The average molecular weight is 816 g/mol. The molecule has 6 unspecified atom stereocenters. The Balaban J connectivity index is 1.60. The van der Waals surface area contributed by atoms with Gasteiger partial charge in [0.25, 0.3) is 0 Å². The minimum atomic E-state index is -2.65. The van der Waals surface area contributed by atoms with Gasteiger partial charge in [-0.1, -0.05) is 39.5 Å². The standard InChI is InChI=1S/C38H49BrN4O3P2S2/c1-10-44-34-17-15-33(16-18-34)43-29(8)37-38(30(43)9)48(50,41-21-25(4)46-26(5)22-41)36-28(7)42(32-13-11-31(39)12-14-32)27(6)35(36)47(37,49)40-19-23(2)45-24(3)20-40/h11-18,23-26H,10,19-22H2,1-9H3. The van der Waals surface area contributed by atoms with E-state index in [1.807, 2.05) is 6.92 Å². The number of aromatic nitrogens is 2. The molecule has 50 heavy (non-hydrogen) atoms. The molecule has 7 rings (SSSR count). The molecule has 0 spiro atoms. The fourth-order valence-corrected chi connectivity index (χ4v) is 22.5. The molecule has 0 N–H and O–H groups in total. The zero-order valence-corrected chi connectivity index (χ0v) is 35.6. The summed E-state index contributed by atoms with van der Waals surface area (Å²) < 4.78 is 29.8. The maximum atomic E-state index is 7.39. The molecule has 2 aromatic carbocycles. The number of morpholine rings is 2. The zero-order valence-electron chi connectivity index (χ0n) is 30.6. The zero-order chi connectivity index (χ0) is 35.9. The lowest BCUT2D eigenvalue weighted by molar-refractivity contribution is -0.0432. The number of benzene rings is 2. The monoisotopic (exact) mass is 814 g/mol. The first-order valence-corrected chi connectivity index (χ1v) is 24.0. The summed E-state index contributed by atoms with van der Waals surface area (Å²) >= 11 is 18.4. The van der Waals surface area contributed by atoms with Gasteiger partial charge < -0.3 is 23.3 Å². The van der Waals surface area contributed by atoms with Crippen molar-refractivity contribution in [3.8, 4) is 17.1 Å². The Bertz CT molecular complexity index is 1930. The summed E-state index contributed by atoms with van der Waals surface area (Å²) in [6.45, 7) is 23.6.